The van der Waals surface area contributed by atoms with E-state index in [1.807, 2.05) is 36.4 Å². The molecule has 1 amide bonds. The van der Waals surface area contributed by atoms with Crippen LogP contribution in [0, 0.1) is 0 Å². The van der Waals surface area contributed by atoms with E-state index in [0.29, 0.717) is 24.1 Å². The molecule has 0 bridgehead atoms. The third-order valence-electron chi connectivity index (χ3n) is 5.11. The Morgan fingerprint density at radius 3 is 2.52 bits per heavy atom. The predicted octanol–water partition coefficient (Wildman–Crippen LogP) is 4.00. The lowest BCUT2D eigenvalue weighted by Gasteiger charge is -2.15. The molecule has 0 unspecified atom stereocenters. The topological polar surface area (TPSA) is 63.7 Å². The maximum absolute atomic E-state index is 12.4. The van der Waals surface area contributed by atoms with E-state index in [2.05, 4.69) is 0 Å². The molecule has 0 N–H and O–H groups in total. The highest BCUT2D eigenvalue weighted by Gasteiger charge is 2.20. The number of fused-ring (bicyclic) bond motifs is 1. The zero-order valence-electron chi connectivity index (χ0n) is 16.0. The van der Waals surface area contributed by atoms with Crippen molar-refractivity contribution in [2.45, 2.75) is 19.4 Å². The Bertz CT molecular complexity index is 1090. The molecule has 5 heteroatoms. The largest absolute Gasteiger partial charge is 0.454 e. The summed E-state index contributed by atoms with van der Waals surface area (Å²) in [6.45, 7) is 0.912. The van der Waals surface area contributed by atoms with E-state index in [9.17, 15) is 14.4 Å². The van der Waals surface area contributed by atoms with Gasteiger partial charge < -0.3 is 9.64 Å². The number of esters is 1. The first-order valence-electron chi connectivity index (χ1n) is 9.66. The highest BCUT2D eigenvalue weighted by molar-refractivity contribution is 6.02. The summed E-state index contributed by atoms with van der Waals surface area (Å²) < 4.78 is 5.23. The SMILES string of the molecule is O=C(COC(=O)c1cccc(CN2CCCC2=O)c1)c1ccc2ccccc2c1. The number of ketones is 1. The van der Waals surface area contributed by atoms with Gasteiger partial charge in [0.1, 0.15) is 0 Å². The van der Waals surface area contributed by atoms with Crippen molar-refractivity contribution in [1.82, 2.24) is 4.90 Å². The van der Waals surface area contributed by atoms with Gasteiger partial charge in [-0.05, 0) is 41.0 Å². The maximum atomic E-state index is 12.4. The molecule has 0 radical (unpaired) electrons. The van der Waals surface area contributed by atoms with Crippen LogP contribution in [0.3, 0.4) is 0 Å². The van der Waals surface area contributed by atoms with Crippen LogP contribution >= 0.6 is 0 Å². The van der Waals surface area contributed by atoms with Crippen LogP contribution in [0.1, 0.15) is 39.1 Å². The summed E-state index contributed by atoms with van der Waals surface area (Å²) in [6, 6.07) is 20.2. The first-order chi connectivity index (χ1) is 14.1. The second kappa shape index (κ2) is 8.27. The van der Waals surface area contributed by atoms with Gasteiger partial charge in [0.25, 0.3) is 0 Å². The van der Waals surface area contributed by atoms with Crippen molar-refractivity contribution >= 4 is 28.4 Å². The highest BCUT2D eigenvalue weighted by atomic mass is 16.5. The summed E-state index contributed by atoms with van der Waals surface area (Å²) in [5.74, 6) is -0.657. The summed E-state index contributed by atoms with van der Waals surface area (Å²) in [5.41, 5.74) is 1.76. The number of hydrogen-bond acceptors (Lipinski definition) is 4. The average molecular weight is 387 g/mol. The van der Waals surface area contributed by atoms with Crippen molar-refractivity contribution in [3.05, 3.63) is 83.4 Å². The Kier molecular flexibility index (Phi) is 5.38. The number of benzene rings is 3. The Hall–Kier alpha value is -3.47. The molecular weight excluding hydrogens is 366 g/mol. The summed E-state index contributed by atoms with van der Waals surface area (Å²) in [5, 5.41) is 2.02. The second-order valence-corrected chi connectivity index (χ2v) is 7.18. The summed E-state index contributed by atoms with van der Waals surface area (Å²) >= 11 is 0. The van der Waals surface area contributed by atoms with Crippen LogP contribution in [0.2, 0.25) is 0 Å². The molecule has 29 heavy (non-hydrogen) atoms. The number of carbonyl (C=O) groups is 3. The molecule has 1 aliphatic rings. The van der Waals surface area contributed by atoms with E-state index < -0.39 is 5.97 Å². The number of likely N-dealkylation sites (tertiary alicyclic amines) is 1. The predicted molar refractivity (Wildman–Crippen MR) is 110 cm³/mol. The Morgan fingerprint density at radius 1 is 0.897 bits per heavy atom. The van der Waals surface area contributed by atoms with E-state index >= 15 is 0 Å². The molecule has 0 aromatic heterocycles. The number of ether oxygens (including phenoxy) is 1. The summed E-state index contributed by atoms with van der Waals surface area (Å²) in [6.07, 6.45) is 1.45. The number of Topliss-reactive ketones (excluding diaryl/α,β-unsaturated/α-hetero) is 1. The lowest BCUT2D eigenvalue weighted by Crippen LogP contribution is -2.24. The molecule has 3 aromatic carbocycles. The first-order valence-corrected chi connectivity index (χ1v) is 9.66. The van der Waals surface area contributed by atoms with Crippen LogP contribution in [0.5, 0.6) is 0 Å². The molecule has 5 nitrogen and oxygen atoms in total. The smallest absolute Gasteiger partial charge is 0.338 e. The van der Waals surface area contributed by atoms with E-state index in [-0.39, 0.29) is 18.3 Å². The van der Waals surface area contributed by atoms with E-state index in [1.54, 1.807) is 35.2 Å². The van der Waals surface area contributed by atoms with Crippen molar-refractivity contribution in [2.24, 2.45) is 0 Å². The van der Waals surface area contributed by atoms with E-state index in [0.717, 1.165) is 29.3 Å². The number of hydrogen-bond donors (Lipinski definition) is 0. The molecule has 1 fully saturated rings. The molecule has 1 aliphatic heterocycles. The third-order valence-corrected chi connectivity index (χ3v) is 5.11. The number of carbonyl (C=O) groups excluding carboxylic acids is 3. The zero-order chi connectivity index (χ0) is 20.2. The van der Waals surface area contributed by atoms with Gasteiger partial charge in [0.15, 0.2) is 12.4 Å². The van der Waals surface area contributed by atoms with Crippen LogP contribution in [0.4, 0.5) is 0 Å². The van der Waals surface area contributed by atoms with Crippen molar-refractivity contribution in [2.75, 3.05) is 13.2 Å². The van der Waals surface area contributed by atoms with Gasteiger partial charge in [-0.15, -0.1) is 0 Å². The molecule has 1 saturated heterocycles. The highest BCUT2D eigenvalue weighted by Crippen LogP contribution is 2.17. The Balaban J connectivity index is 1.39. The number of amides is 1. The molecule has 146 valence electrons. The number of nitrogens with zero attached hydrogens (tertiary/aromatic N) is 1. The minimum Gasteiger partial charge on any atom is -0.454 e. The van der Waals surface area contributed by atoms with Crippen LogP contribution < -0.4 is 0 Å². The maximum Gasteiger partial charge on any atom is 0.338 e. The van der Waals surface area contributed by atoms with Crippen LogP contribution in [0.25, 0.3) is 10.8 Å². The van der Waals surface area contributed by atoms with E-state index in [4.69, 9.17) is 4.74 Å². The molecule has 1 heterocycles. The number of rotatable bonds is 6. The van der Waals surface area contributed by atoms with Crippen molar-refractivity contribution in [1.29, 1.82) is 0 Å². The van der Waals surface area contributed by atoms with Gasteiger partial charge in [0, 0.05) is 25.1 Å². The fourth-order valence-electron chi connectivity index (χ4n) is 3.55. The molecule has 0 spiro atoms. The van der Waals surface area contributed by atoms with E-state index in [1.165, 1.54) is 0 Å². The van der Waals surface area contributed by atoms with Crippen LogP contribution in [-0.4, -0.2) is 35.7 Å². The molecule has 0 aliphatic carbocycles. The summed E-state index contributed by atoms with van der Waals surface area (Å²) in [4.78, 5) is 38.4. The van der Waals surface area contributed by atoms with Gasteiger partial charge in [-0.3, -0.25) is 9.59 Å². The normalized spacial score (nSPS) is 13.7. The van der Waals surface area contributed by atoms with Crippen molar-refractivity contribution in [3.63, 3.8) is 0 Å². The van der Waals surface area contributed by atoms with Gasteiger partial charge in [0.05, 0.1) is 5.56 Å². The summed E-state index contributed by atoms with van der Waals surface area (Å²) in [7, 11) is 0. The molecule has 0 saturated carbocycles. The third kappa shape index (κ3) is 4.35. The lowest BCUT2D eigenvalue weighted by molar-refractivity contribution is -0.128. The average Bonchev–Trinajstić information content (AvgIpc) is 3.16. The van der Waals surface area contributed by atoms with Gasteiger partial charge in [-0.1, -0.05) is 48.5 Å². The molecular formula is C24H21NO4. The van der Waals surface area contributed by atoms with Gasteiger partial charge in [0.2, 0.25) is 5.91 Å². The molecule has 3 aromatic rings. The minimum atomic E-state index is -0.547. The Labute approximate surface area is 168 Å². The van der Waals surface area contributed by atoms with Gasteiger partial charge >= 0.3 is 5.97 Å². The first kappa shape index (κ1) is 18.9. The van der Waals surface area contributed by atoms with Gasteiger partial charge in [-0.25, -0.2) is 4.79 Å². The fraction of sp³-hybridized carbons (Fsp3) is 0.208. The lowest BCUT2D eigenvalue weighted by atomic mass is 10.0. The second-order valence-electron chi connectivity index (χ2n) is 7.18. The van der Waals surface area contributed by atoms with Gasteiger partial charge in [-0.2, -0.15) is 0 Å². The minimum absolute atomic E-state index is 0.138. The zero-order valence-corrected chi connectivity index (χ0v) is 16.0. The fourth-order valence-corrected chi connectivity index (χ4v) is 3.55. The van der Waals surface area contributed by atoms with Crippen LogP contribution in [-0.2, 0) is 16.1 Å². The molecule has 4 rings (SSSR count). The molecule has 0 atom stereocenters. The standard InChI is InChI=1S/C24H21NO4/c26-22(20-11-10-18-6-1-2-7-19(18)14-20)16-29-24(28)21-8-3-5-17(13-21)15-25-12-4-9-23(25)27/h1-3,5-8,10-11,13-14H,4,9,12,15-16H2. The monoisotopic (exact) mass is 387 g/mol. The Morgan fingerprint density at radius 2 is 1.72 bits per heavy atom. The quantitative estimate of drug-likeness (QED) is 0.474. The van der Waals surface area contributed by atoms with Crippen LogP contribution in [0.15, 0.2) is 66.7 Å². The van der Waals surface area contributed by atoms with Crippen molar-refractivity contribution < 1.29 is 19.1 Å². The van der Waals surface area contributed by atoms with Crippen molar-refractivity contribution in [3.8, 4) is 0 Å².